The number of benzene rings is 1. The van der Waals surface area contributed by atoms with E-state index in [-0.39, 0.29) is 5.38 Å². The molecule has 1 aliphatic rings. The Morgan fingerprint density at radius 2 is 2.32 bits per heavy atom. The topological polar surface area (TPSA) is 30.5 Å². The number of rotatable bonds is 8. The summed E-state index contributed by atoms with van der Waals surface area (Å²) >= 11 is 6.06. The lowest BCUT2D eigenvalue weighted by Crippen LogP contribution is -2.22. The maximum atomic E-state index is 6.06. The maximum Gasteiger partial charge on any atom is 0.122 e. The molecule has 1 heterocycles. The van der Waals surface area contributed by atoms with Crippen LogP contribution in [0, 0.1) is 0 Å². The van der Waals surface area contributed by atoms with Gasteiger partial charge >= 0.3 is 0 Å². The molecule has 0 radical (unpaired) electrons. The Labute approximate surface area is 120 Å². The van der Waals surface area contributed by atoms with Crippen LogP contribution >= 0.6 is 11.6 Å². The Bertz CT molecular complexity index is 398. The molecule has 3 nitrogen and oxygen atoms in total. The van der Waals surface area contributed by atoms with Gasteiger partial charge in [-0.1, -0.05) is 12.1 Å². The summed E-state index contributed by atoms with van der Waals surface area (Å²) in [4.78, 5) is 0. The van der Waals surface area contributed by atoms with Gasteiger partial charge in [0.2, 0.25) is 0 Å². The van der Waals surface area contributed by atoms with Crippen LogP contribution in [0.4, 0.5) is 0 Å². The molecular weight excluding hydrogens is 262 g/mol. The lowest BCUT2D eigenvalue weighted by Gasteiger charge is -2.09. The van der Waals surface area contributed by atoms with E-state index < -0.39 is 0 Å². The first-order chi connectivity index (χ1) is 9.29. The third kappa shape index (κ3) is 4.68. The van der Waals surface area contributed by atoms with Crippen molar-refractivity contribution >= 4 is 11.6 Å². The second kappa shape index (κ2) is 7.73. The van der Waals surface area contributed by atoms with Crippen LogP contribution in [-0.4, -0.2) is 38.8 Å². The molecule has 0 amide bonds. The molecule has 19 heavy (non-hydrogen) atoms. The van der Waals surface area contributed by atoms with Crippen molar-refractivity contribution in [2.45, 2.75) is 24.6 Å². The van der Waals surface area contributed by atoms with Gasteiger partial charge in [0.05, 0.1) is 18.6 Å². The predicted molar refractivity (Wildman–Crippen MR) is 78.3 cm³/mol. The molecule has 0 bridgehead atoms. The van der Waals surface area contributed by atoms with Gasteiger partial charge in [-0.3, -0.25) is 0 Å². The molecule has 1 aromatic carbocycles. The number of ether oxygens (including phenoxy) is 2. The van der Waals surface area contributed by atoms with Crippen LogP contribution < -0.4 is 10.1 Å². The first kappa shape index (κ1) is 14.6. The third-order valence-electron chi connectivity index (χ3n) is 3.33. The molecule has 1 unspecified atom stereocenters. The normalized spacial score (nSPS) is 15.1. The van der Waals surface area contributed by atoms with Gasteiger partial charge in [-0.2, -0.15) is 0 Å². The lowest BCUT2D eigenvalue weighted by molar-refractivity contribution is 0.195. The van der Waals surface area contributed by atoms with E-state index in [1.807, 2.05) is 0 Å². The summed E-state index contributed by atoms with van der Waals surface area (Å²) < 4.78 is 10.5. The van der Waals surface area contributed by atoms with Crippen molar-refractivity contribution in [1.29, 1.82) is 0 Å². The van der Waals surface area contributed by atoms with Gasteiger partial charge < -0.3 is 14.8 Å². The monoisotopic (exact) mass is 283 g/mol. The molecule has 106 valence electrons. The quantitative estimate of drug-likeness (QED) is 0.587. The molecule has 0 saturated heterocycles. The van der Waals surface area contributed by atoms with Crippen molar-refractivity contribution in [3.05, 3.63) is 29.3 Å². The maximum absolute atomic E-state index is 6.06. The second-order valence-corrected chi connectivity index (χ2v) is 5.50. The first-order valence-corrected chi connectivity index (χ1v) is 7.31. The Hall–Kier alpha value is -0.770. The highest BCUT2D eigenvalue weighted by molar-refractivity contribution is 6.20. The molecule has 0 fully saturated rings. The van der Waals surface area contributed by atoms with Gasteiger partial charge in [0.1, 0.15) is 5.75 Å². The summed E-state index contributed by atoms with van der Waals surface area (Å²) in [5.74, 6) is 1.06. The zero-order chi connectivity index (χ0) is 13.5. The van der Waals surface area contributed by atoms with Crippen LogP contribution in [0.25, 0.3) is 0 Å². The SMILES string of the molecule is COCC(Cl)CCNCCc1ccc2c(c1)CCO2. The van der Waals surface area contributed by atoms with Crippen molar-refractivity contribution in [3.63, 3.8) is 0 Å². The Kier molecular flexibility index (Phi) is 5.95. The first-order valence-electron chi connectivity index (χ1n) is 6.88. The van der Waals surface area contributed by atoms with E-state index in [0.29, 0.717) is 6.61 Å². The van der Waals surface area contributed by atoms with E-state index in [1.165, 1.54) is 11.1 Å². The smallest absolute Gasteiger partial charge is 0.122 e. The zero-order valence-electron chi connectivity index (χ0n) is 11.5. The molecule has 4 heteroatoms. The van der Waals surface area contributed by atoms with Gasteiger partial charge in [-0.05, 0) is 43.1 Å². The number of fused-ring (bicyclic) bond motifs is 1. The van der Waals surface area contributed by atoms with Crippen LogP contribution in [0.15, 0.2) is 18.2 Å². The van der Waals surface area contributed by atoms with Crippen molar-refractivity contribution < 1.29 is 9.47 Å². The van der Waals surface area contributed by atoms with Gasteiger partial charge in [0, 0.05) is 13.5 Å². The Morgan fingerprint density at radius 3 is 3.16 bits per heavy atom. The van der Waals surface area contributed by atoms with Crippen molar-refractivity contribution in [3.8, 4) is 5.75 Å². The lowest BCUT2D eigenvalue weighted by atomic mass is 10.1. The average Bonchev–Trinajstić information content (AvgIpc) is 2.86. The fraction of sp³-hybridized carbons (Fsp3) is 0.600. The van der Waals surface area contributed by atoms with Gasteiger partial charge in [0.25, 0.3) is 0 Å². The van der Waals surface area contributed by atoms with E-state index in [2.05, 4.69) is 23.5 Å². The molecule has 0 spiro atoms. The molecule has 1 atom stereocenters. The van der Waals surface area contributed by atoms with Crippen molar-refractivity contribution in [2.24, 2.45) is 0 Å². The number of halogens is 1. The summed E-state index contributed by atoms with van der Waals surface area (Å²) in [6, 6.07) is 6.51. The summed E-state index contributed by atoms with van der Waals surface area (Å²) in [5.41, 5.74) is 2.72. The van der Waals surface area contributed by atoms with E-state index in [9.17, 15) is 0 Å². The minimum Gasteiger partial charge on any atom is -0.493 e. The predicted octanol–water partition coefficient (Wildman–Crippen LogP) is 2.40. The number of methoxy groups -OCH3 is 1. The largest absolute Gasteiger partial charge is 0.493 e. The van der Waals surface area contributed by atoms with E-state index in [4.69, 9.17) is 21.1 Å². The zero-order valence-corrected chi connectivity index (χ0v) is 12.2. The van der Waals surface area contributed by atoms with Crippen LogP contribution in [0.5, 0.6) is 5.75 Å². The van der Waals surface area contributed by atoms with Crippen molar-refractivity contribution in [2.75, 3.05) is 33.4 Å². The highest BCUT2D eigenvalue weighted by Gasteiger charge is 2.11. The fourth-order valence-electron chi connectivity index (χ4n) is 2.28. The summed E-state index contributed by atoms with van der Waals surface area (Å²) in [6.07, 6.45) is 3.03. The Balaban J connectivity index is 1.63. The molecule has 2 rings (SSSR count). The van der Waals surface area contributed by atoms with Crippen LogP contribution in [0.1, 0.15) is 17.5 Å². The molecule has 1 aliphatic heterocycles. The second-order valence-electron chi connectivity index (χ2n) is 4.88. The fourth-order valence-corrected chi connectivity index (χ4v) is 2.51. The standard InChI is InChI=1S/C15H22ClNO2/c1-18-11-14(16)5-8-17-7-4-12-2-3-15-13(10-12)6-9-19-15/h2-3,10,14,17H,4-9,11H2,1H3. The van der Waals surface area contributed by atoms with Crippen LogP contribution in [0.2, 0.25) is 0 Å². The van der Waals surface area contributed by atoms with Crippen molar-refractivity contribution in [1.82, 2.24) is 5.32 Å². The number of hydrogen-bond donors (Lipinski definition) is 1. The van der Waals surface area contributed by atoms with E-state index >= 15 is 0 Å². The molecule has 0 aromatic heterocycles. The van der Waals surface area contributed by atoms with Gasteiger partial charge in [-0.15, -0.1) is 11.6 Å². The highest BCUT2D eigenvalue weighted by atomic mass is 35.5. The van der Waals surface area contributed by atoms with E-state index in [1.54, 1.807) is 7.11 Å². The van der Waals surface area contributed by atoms with Crippen LogP contribution in [-0.2, 0) is 17.6 Å². The molecule has 0 aliphatic carbocycles. The average molecular weight is 284 g/mol. The van der Waals surface area contributed by atoms with Gasteiger partial charge in [-0.25, -0.2) is 0 Å². The summed E-state index contributed by atoms with van der Waals surface area (Å²) in [6.45, 7) is 3.36. The minimum absolute atomic E-state index is 0.106. The van der Waals surface area contributed by atoms with E-state index in [0.717, 1.165) is 44.7 Å². The number of alkyl halides is 1. The molecule has 1 aromatic rings. The minimum atomic E-state index is 0.106. The summed E-state index contributed by atoms with van der Waals surface area (Å²) in [7, 11) is 1.68. The summed E-state index contributed by atoms with van der Waals surface area (Å²) in [5, 5.41) is 3.53. The molecular formula is C15H22ClNO2. The highest BCUT2D eigenvalue weighted by Crippen LogP contribution is 2.25. The Morgan fingerprint density at radius 1 is 1.42 bits per heavy atom. The molecule has 0 saturated carbocycles. The number of nitrogens with one attached hydrogen (secondary N) is 1. The number of hydrogen-bond acceptors (Lipinski definition) is 3. The third-order valence-corrected chi connectivity index (χ3v) is 3.67. The van der Waals surface area contributed by atoms with Gasteiger partial charge in [0.15, 0.2) is 0 Å². The molecule has 1 N–H and O–H groups in total. The van der Waals surface area contributed by atoms with Crippen LogP contribution in [0.3, 0.4) is 0 Å².